The highest BCUT2D eigenvalue weighted by Gasteiger charge is 2.31. The van der Waals surface area contributed by atoms with Gasteiger partial charge in [-0.3, -0.25) is 9.97 Å². The molecule has 0 aliphatic carbocycles. The molecule has 0 fully saturated rings. The van der Waals surface area contributed by atoms with Gasteiger partial charge in [-0.15, -0.1) is 0 Å². The fraction of sp³-hybridized carbons (Fsp3) is 0.450. The minimum atomic E-state index is -2.68. The molecule has 7 nitrogen and oxygen atoms in total. The molecule has 2 rings (SSSR count). The maximum atomic E-state index is 12.9. The number of methoxy groups -OCH3 is 1. The fourth-order valence-corrected chi connectivity index (χ4v) is 3.04. The van der Waals surface area contributed by atoms with Gasteiger partial charge in [-0.25, -0.2) is 13.6 Å². The Labute approximate surface area is 168 Å². The van der Waals surface area contributed by atoms with Crippen LogP contribution < -0.4 is 15.2 Å². The number of nitrogens with two attached hydrogens (primary N) is 1. The molecule has 1 atom stereocenters. The predicted molar refractivity (Wildman–Crippen MR) is 103 cm³/mol. The zero-order chi connectivity index (χ0) is 21.6. The van der Waals surface area contributed by atoms with Crippen molar-refractivity contribution in [3.8, 4) is 22.8 Å². The van der Waals surface area contributed by atoms with Crippen LogP contribution in [0.2, 0.25) is 0 Å². The van der Waals surface area contributed by atoms with Gasteiger partial charge in [0.2, 0.25) is 0 Å². The Kier molecular flexibility index (Phi) is 7.30. The highest BCUT2D eigenvalue weighted by molar-refractivity contribution is 5.65. The quantitative estimate of drug-likeness (QED) is 0.661. The molecule has 0 saturated carbocycles. The Morgan fingerprint density at radius 3 is 2.55 bits per heavy atom. The van der Waals surface area contributed by atoms with Crippen LogP contribution in [0.25, 0.3) is 11.3 Å². The highest BCUT2D eigenvalue weighted by Crippen LogP contribution is 2.33. The van der Waals surface area contributed by atoms with Crippen LogP contribution in [-0.2, 0) is 4.74 Å². The van der Waals surface area contributed by atoms with E-state index in [4.69, 9.17) is 19.9 Å². The Bertz CT molecular complexity index is 848. The lowest BCUT2D eigenvalue weighted by atomic mass is 9.95. The van der Waals surface area contributed by atoms with Gasteiger partial charge >= 0.3 is 6.09 Å². The molecule has 0 aliphatic heterocycles. The van der Waals surface area contributed by atoms with Crippen molar-refractivity contribution < 1.29 is 27.8 Å². The first-order valence-corrected chi connectivity index (χ1v) is 9.03. The predicted octanol–water partition coefficient (Wildman–Crippen LogP) is 4.37. The van der Waals surface area contributed by atoms with Crippen molar-refractivity contribution in [1.82, 2.24) is 9.97 Å². The summed E-state index contributed by atoms with van der Waals surface area (Å²) in [5, 5.41) is 0. The second-order valence-electron chi connectivity index (χ2n) is 7.25. The third-order valence-electron chi connectivity index (χ3n) is 4.07. The van der Waals surface area contributed by atoms with Crippen molar-refractivity contribution in [3.05, 3.63) is 36.3 Å². The van der Waals surface area contributed by atoms with E-state index < -0.39 is 18.1 Å². The molecular weight excluding hydrogens is 384 g/mol. The molecule has 0 radical (unpaired) electrons. The molecule has 158 valence electrons. The fourth-order valence-electron chi connectivity index (χ4n) is 3.04. The zero-order valence-corrected chi connectivity index (χ0v) is 16.8. The smallest absolute Gasteiger partial charge is 0.405 e. The summed E-state index contributed by atoms with van der Waals surface area (Å²) in [6.07, 6.45) is -0.296. The minimum absolute atomic E-state index is 0.0380. The van der Waals surface area contributed by atoms with Crippen LogP contribution in [-0.4, -0.2) is 35.4 Å². The molecule has 9 heteroatoms. The summed E-state index contributed by atoms with van der Waals surface area (Å²) < 4.78 is 42.2. The van der Waals surface area contributed by atoms with E-state index >= 15 is 0 Å². The summed E-state index contributed by atoms with van der Waals surface area (Å²) in [6, 6.07) is 4.43. The van der Waals surface area contributed by atoms with E-state index in [9.17, 15) is 13.6 Å². The maximum absolute atomic E-state index is 12.9. The Hall–Kier alpha value is -2.97. The molecule has 2 aromatic rings. The molecule has 2 aromatic heterocycles. The lowest BCUT2D eigenvalue weighted by molar-refractivity contribution is -0.0191. The number of pyridine rings is 2. The molecule has 1 amide bonds. The molecule has 0 aliphatic rings. The first-order chi connectivity index (χ1) is 13.6. The number of rotatable bonds is 9. The van der Waals surface area contributed by atoms with Crippen LogP contribution >= 0.6 is 0 Å². The molecule has 2 heterocycles. The number of halogens is 2. The van der Waals surface area contributed by atoms with E-state index in [0.29, 0.717) is 29.2 Å². The number of hydrogen-bond acceptors (Lipinski definition) is 6. The van der Waals surface area contributed by atoms with Crippen LogP contribution in [0.3, 0.4) is 0 Å². The van der Waals surface area contributed by atoms with E-state index in [2.05, 4.69) is 9.97 Å². The first-order valence-electron chi connectivity index (χ1n) is 9.03. The molecule has 0 aromatic carbocycles. The van der Waals surface area contributed by atoms with Crippen molar-refractivity contribution in [3.63, 3.8) is 0 Å². The largest absolute Gasteiger partial charge is 0.493 e. The van der Waals surface area contributed by atoms with Gasteiger partial charge in [0.1, 0.15) is 17.9 Å². The van der Waals surface area contributed by atoms with Crippen molar-refractivity contribution in [1.29, 1.82) is 0 Å². The average Bonchev–Trinajstić information content (AvgIpc) is 2.65. The molecule has 0 saturated heterocycles. The minimum Gasteiger partial charge on any atom is -0.493 e. The van der Waals surface area contributed by atoms with Gasteiger partial charge < -0.3 is 19.9 Å². The summed E-state index contributed by atoms with van der Waals surface area (Å²) in [6.45, 7) is 5.75. The Morgan fingerprint density at radius 2 is 1.97 bits per heavy atom. The van der Waals surface area contributed by atoms with Crippen LogP contribution in [0.1, 0.15) is 39.3 Å². The summed E-state index contributed by atoms with van der Waals surface area (Å²) in [5.74, 6) is 0.917. The van der Waals surface area contributed by atoms with Crippen LogP contribution in [0.5, 0.6) is 11.5 Å². The van der Waals surface area contributed by atoms with E-state index in [1.54, 1.807) is 19.1 Å². The Balaban J connectivity index is 2.24. The molecule has 29 heavy (non-hydrogen) atoms. The highest BCUT2D eigenvalue weighted by atomic mass is 19.3. The summed E-state index contributed by atoms with van der Waals surface area (Å²) >= 11 is 0. The Morgan fingerprint density at radius 1 is 1.24 bits per heavy atom. The van der Waals surface area contributed by atoms with Gasteiger partial charge in [0.05, 0.1) is 19.0 Å². The van der Waals surface area contributed by atoms with Gasteiger partial charge in [-0.05, 0) is 31.4 Å². The van der Waals surface area contributed by atoms with E-state index in [1.807, 2.05) is 13.8 Å². The number of amides is 1. The number of ether oxygens (including phenoxy) is 3. The number of nitrogens with zero attached hydrogens (tertiary/aromatic N) is 2. The van der Waals surface area contributed by atoms with Crippen LogP contribution in [0.15, 0.2) is 30.6 Å². The monoisotopic (exact) mass is 409 g/mol. The van der Waals surface area contributed by atoms with Crippen LogP contribution in [0, 0.1) is 5.92 Å². The summed E-state index contributed by atoms with van der Waals surface area (Å²) in [7, 11) is 1.45. The third kappa shape index (κ3) is 6.27. The topological polar surface area (TPSA) is 96.6 Å². The summed E-state index contributed by atoms with van der Waals surface area (Å²) in [5.41, 5.74) is 4.82. The number of hydrogen-bond donors (Lipinski definition) is 1. The van der Waals surface area contributed by atoms with E-state index in [1.165, 1.54) is 25.6 Å². The molecule has 2 N–H and O–H groups in total. The number of aromatic nitrogens is 2. The standard InChI is InChI=1S/C20H25F2N3O4/c1-12(2)9-20(3,29-19(23)26)11-28-17-10-25-14(8-16(17)27-4)13-5-6-24-15(7-13)18(21)22/h5-8,10,12,18H,9,11H2,1-4H3,(H2,23,26)/t20-/m0/s1. The van der Waals surface area contributed by atoms with Gasteiger partial charge in [0, 0.05) is 17.8 Å². The van der Waals surface area contributed by atoms with Gasteiger partial charge in [0.15, 0.2) is 11.5 Å². The molecule has 0 spiro atoms. The lowest BCUT2D eigenvalue weighted by Gasteiger charge is -2.30. The van der Waals surface area contributed by atoms with Crippen molar-refractivity contribution in [2.75, 3.05) is 13.7 Å². The lowest BCUT2D eigenvalue weighted by Crippen LogP contribution is -2.41. The number of alkyl halides is 2. The molecular formula is C20H25F2N3O4. The normalized spacial score (nSPS) is 13.2. The maximum Gasteiger partial charge on any atom is 0.405 e. The first kappa shape index (κ1) is 22.3. The van der Waals surface area contributed by atoms with Crippen molar-refractivity contribution >= 4 is 6.09 Å². The van der Waals surface area contributed by atoms with Gasteiger partial charge in [-0.1, -0.05) is 13.8 Å². The van der Waals surface area contributed by atoms with E-state index in [-0.39, 0.29) is 18.2 Å². The van der Waals surface area contributed by atoms with Crippen molar-refractivity contribution in [2.45, 2.75) is 39.2 Å². The SMILES string of the molecule is COc1cc(-c2ccnc(C(F)F)c2)ncc1OC[C@](C)(CC(C)C)OC(N)=O. The second-order valence-corrected chi connectivity index (χ2v) is 7.25. The zero-order valence-electron chi connectivity index (χ0n) is 16.8. The summed E-state index contributed by atoms with van der Waals surface area (Å²) in [4.78, 5) is 19.2. The van der Waals surface area contributed by atoms with Crippen LogP contribution in [0.4, 0.5) is 13.6 Å². The molecule has 0 bridgehead atoms. The average molecular weight is 409 g/mol. The number of carbonyl (C=O) groups excluding carboxylic acids is 1. The molecule has 0 unspecified atom stereocenters. The van der Waals surface area contributed by atoms with E-state index in [0.717, 1.165) is 0 Å². The second kappa shape index (κ2) is 9.49. The number of carbonyl (C=O) groups is 1. The number of primary amides is 1. The van der Waals surface area contributed by atoms with Crippen molar-refractivity contribution in [2.24, 2.45) is 11.7 Å². The van der Waals surface area contributed by atoms with Gasteiger partial charge in [0.25, 0.3) is 6.43 Å². The third-order valence-corrected chi connectivity index (χ3v) is 4.07. The van der Waals surface area contributed by atoms with Gasteiger partial charge in [-0.2, -0.15) is 0 Å².